The normalized spacial score (nSPS) is 10.3. The molecule has 1 heterocycles. The highest BCUT2D eigenvalue weighted by Crippen LogP contribution is 2.23. The molecule has 1 nitrogen and oxygen atoms in total. The first-order valence-corrected chi connectivity index (χ1v) is 4.62. The van der Waals surface area contributed by atoms with Crippen molar-refractivity contribution in [3.05, 3.63) is 29.6 Å². The van der Waals surface area contributed by atoms with Gasteiger partial charge in [0, 0.05) is 11.9 Å². The average molecular weight is 183 g/mol. The molecule has 0 amide bonds. The number of hydrogen-bond acceptors (Lipinski definition) is 1. The van der Waals surface area contributed by atoms with Gasteiger partial charge in [-0.1, -0.05) is 13.8 Å². The molecule has 0 aliphatic carbocycles. The van der Waals surface area contributed by atoms with Crippen molar-refractivity contribution in [2.45, 2.75) is 40.3 Å². The summed E-state index contributed by atoms with van der Waals surface area (Å²) in [5, 5.41) is 0. The standard InChI is InChI=1S/C9H12FN.C2H6/c1-7-6-8(4-5-11-7)9(2,3)10;1-2/h4-6H,1-3H3;1-2H3. The van der Waals surface area contributed by atoms with Gasteiger partial charge in [-0.25, -0.2) is 4.39 Å². The molecule has 0 radical (unpaired) electrons. The Bertz CT molecular complexity index is 251. The molecule has 74 valence electrons. The zero-order valence-corrected chi connectivity index (χ0v) is 9.06. The maximum absolute atomic E-state index is 13.3. The Kier molecular flexibility index (Phi) is 4.60. The lowest BCUT2D eigenvalue weighted by Gasteiger charge is -2.14. The molecule has 0 bridgehead atoms. The molecule has 0 N–H and O–H groups in total. The van der Waals surface area contributed by atoms with E-state index in [1.165, 1.54) is 0 Å². The summed E-state index contributed by atoms with van der Waals surface area (Å²) in [5.74, 6) is 0. The summed E-state index contributed by atoms with van der Waals surface area (Å²) < 4.78 is 13.3. The van der Waals surface area contributed by atoms with Gasteiger partial charge < -0.3 is 0 Å². The number of halogens is 1. The lowest BCUT2D eigenvalue weighted by atomic mass is 10.0. The molecule has 0 saturated heterocycles. The zero-order valence-electron chi connectivity index (χ0n) is 9.06. The molecule has 2 heteroatoms. The second-order valence-corrected chi connectivity index (χ2v) is 3.16. The van der Waals surface area contributed by atoms with E-state index in [1.54, 1.807) is 32.2 Å². The fourth-order valence-electron chi connectivity index (χ4n) is 0.915. The number of aromatic nitrogens is 1. The van der Waals surface area contributed by atoms with Gasteiger partial charge in [-0.05, 0) is 38.5 Å². The molecule has 0 unspecified atom stereocenters. The van der Waals surface area contributed by atoms with Crippen LogP contribution in [0.1, 0.15) is 39.0 Å². The van der Waals surface area contributed by atoms with Crippen molar-refractivity contribution in [3.63, 3.8) is 0 Å². The Morgan fingerprint density at radius 3 is 2.15 bits per heavy atom. The first-order chi connectivity index (χ1) is 6.00. The summed E-state index contributed by atoms with van der Waals surface area (Å²) >= 11 is 0. The van der Waals surface area contributed by atoms with Crippen molar-refractivity contribution in [2.75, 3.05) is 0 Å². The van der Waals surface area contributed by atoms with Crippen LogP contribution in [0.4, 0.5) is 4.39 Å². The molecule has 0 atom stereocenters. The van der Waals surface area contributed by atoms with Crippen molar-refractivity contribution in [1.29, 1.82) is 0 Å². The van der Waals surface area contributed by atoms with Gasteiger partial charge in [-0.15, -0.1) is 0 Å². The molecule has 1 aromatic rings. The first-order valence-electron chi connectivity index (χ1n) is 4.62. The number of pyridine rings is 1. The minimum absolute atomic E-state index is 0.685. The minimum atomic E-state index is -1.26. The predicted octanol–water partition coefficient (Wildman–Crippen LogP) is 3.62. The third-order valence-electron chi connectivity index (χ3n) is 1.58. The third kappa shape index (κ3) is 4.02. The predicted molar refractivity (Wildman–Crippen MR) is 54.5 cm³/mol. The van der Waals surface area contributed by atoms with Crippen LogP contribution in [0.5, 0.6) is 0 Å². The van der Waals surface area contributed by atoms with Crippen molar-refractivity contribution in [2.24, 2.45) is 0 Å². The van der Waals surface area contributed by atoms with Crippen LogP contribution in [-0.4, -0.2) is 4.98 Å². The molecule has 1 rings (SSSR count). The Balaban J connectivity index is 0.000000671. The zero-order chi connectivity index (χ0) is 10.5. The van der Waals surface area contributed by atoms with Crippen molar-refractivity contribution in [1.82, 2.24) is 4.98 Å². The Morgan fingerprint density at radius 2 is 1.85 bits per heavy atom. The van der Waals surface area contributed by atoms with Gasteiger partial charge in [-0.2, -0.15) is 0 Å². The molecule has 0 spiro atoms. The molecular weight excluding hydrogens is 165 g/mol. The number of nitrogens with zero attached hydrogens (tertiary/aromatic N) is 1. The van der Waals surface area contributed by atoms with E-state index < -0.39 is 5.67 Å². The SMILES string of the molecule is CC.Cc1cc(C(C)(C)F)ccn1. The second kappa shape index (κ2) is 4.95. The molecule has 0 aliphatic heterocycles. The fraction of sp³-hybridized carbons (Fsp3) is 0.545. The van der Waals surface area contributed by atoms with Gasteiger partial charge in [0.05, 0.1) is 0 Å². The van der Waals surface area contributed by atoms with Crippen LogP contribution in [0.2, 0.25) is 0 Å². The van der Waals surface area contributed by atoms with Crippen LogP contribution >= 0.6 is 0 Å². The molecule has 0 fully saturated rings. The van der Waals surface area contributed by atoms with Crippen molar-refractivity contribution < 1.29 is 4.39 Å². The van der Waals surface area contributed by atoms with E-state index >= 15 is 0 Å². The van der Waals surface area contributed by atoms with Crippen LogP contribution < -0.4 is 0 Å². The van der Waals surface area contributed by atoms with Crippen molar-refractivity contribution >= 4 is 0 Å². The van der Waals surface area contributed by atoms with Crippen LogP contribution in [0.25, 0.3) is 0 Å². The van der Waals surface area contributed by atoms with Gasteiger partial charge in [-0.3, -0.25) is 4.98 Å². The summed E-state index contributed by atoms with van der Waals surface area (Å²) in [5.41, 5.74) is 0.284. The summed E-state index contributed by atoms with van der Waals surface area (Å²) in [6, 6.07) is 3.47. The van der Waals surface area contributed by atoms with E-state index in [9.17, 15) is 4.39 Å². The highest BCUT2D eigenvalue weighted by Gasteiger charge is 2.18. The third-order valence-corrected chi connectivity index (χ3v) is 1.58. The molecule has 1 aromatic heterocycles. The van der Waals surface area contributed by atoms with Gasteiger partial charge in [0.15, 0.2) is 0 Å². The number of aryl methyl sites for hydroxylation is 1. The molecular formula is C11H18FN. The van der Waals surface area contributed by atoms with Crippen LogP contribution in [0.15, 0.2) is 18.3 Å². The lowest BCUT2D eigenvalue weighted by molar-refractivity contribution is 0.221. The summed E-state index contributed by atoms with van der Waals surface area (Å²) in [4.78, 5) is 3.99. The average Bonchev–Trinajstić information content (AvgIpc) is 2.06. The quantitative estimate of drug-likeness (QED) is 0.648. The number of rotatable bonds is 1. The highest BCUT2D eigenvalue weighted by molar-refractivity contribution is 5.20. The van der Waals surface area contributed by atoms with E-state index in [1.807, 2.05) is 20.8 Å². The van der Waals surface area contributed by atoms with E-state index in [0.717, 1.165) is 5.69 Å². The van der Waals surface area contributed by atoms with E-state index in [0.29, 0.717) is 5.56 Å². The smallest absolute Gasteiger partial charge is 0.130 e. The van der Waals surface area contributed by atoms with Gasteiger partial charge >= 0.3 is 0 Å². The van der Waals surface area contributed by atoms with Crippen LogP contribution in [0, 0.1) is 6.92 Å². The van der Waals surface area contributed by atoms with Gasteiger partial charge in [0.25, 0.3) is 0 Å². The summed E-state index contributed by atoms with van der Waals surface area (Å²) in [6.45, 7) is 8.94. The molecule has 0 aliphatic rings. The molecule has 0 aromatic carbocycles. The number of hydrogen-bond donors (Lipinski definition) is 0. The second-order valence-electron chi connectivity index (χ2n) is 3.16. The van der Waals surface area contributed by atoms with E-state index in [-0.39, 0.29) is 0 Å². The Hall–Kier alpha value is -0.920. The maximum Gasteiger partial charge on any atom is 0.130 e. The fourth-order valence-corrected chi connectivity index (χ4v) is 0.915. The maximum atomic E-state index is 13.3. The van der Waals surface area contributed by atoms with Crippen LogP contribution in [0.3, 0.4) is 0 Å². The van der Waals surface area contributed by atoms with Gasteiger partial charge in [0.2, 0.25) is 0 Å². The van der Waals surface area contributed by atoms with E-state index in [2.05, 4.69) is 4.98 Å². The monoisotopic (exact) mass is 183 g/mol. The Labute approximate surface area is 80.0 Å². The van der Waals surface area contributed by atoms with Gasteiger partial charge in [0.1, 0.15) is 5.67 Å². The summed E-state index contributed by atoms with van der Waals surface area (Å²) in [7, 11) is 0. The minimum Gasteiger partial charge on any atom is -0.262 e. The first kappa shape index (κ1) is 12.1. The van der Waals surface area contributed by atoms with Crippen molar-refractivity contribution in [3.8, 4) is 0 Å². The highest BCUT2D eigenvalue weighted by atomic mass is 19.1. The summed E-state index contributed by atoms with van der Waals surface area (Å²) in [6.07, 6.45) is 1.63. The largest absolute Gasteiger partial charge is 0.262 e. The van der Waals surface area contributed by atoms with E-state index in [4.69, 9.17) is 0 Å². The molecule has 0 saturated carbocycles. The topological polar surface area (TPSA) is 12.9 Å². The lowest BCUT2D eigenvalue weighted by Crippen LogP contribution is -2.09. The van der Waals surface area contributed by atoms with Crippen LogP contribution in [-0.2, 0) is 5.67 Å². The molecule has 13 heavy (non-hydrogen) atoms. The number of alkyl halides is 1. The Morgan fingerprint density at radius 1 is 1.31 bits per heavy atom.